The number of carbonyl (C=O) groups is 1. The highest BCUT2D eigenvalue weighted by atomic mass is 32.2. The summed E-state index contributed by atoms with van der Waals surface area (Å²) in [5.41, 5.74) is 0.421. The van der Waals surface area contributed by atoms with Crippen molar-refractivity contribution in [2.75, 3.05) is 0 Å². The fourth-order valence-corrected chi connectivity index (χ4v) is 3.65. The molecule has 0 fully saturated rings. The van der Waals surface area contributed by atoms with E-state index in [1.807, 2.05) is 0 Å². The first-order chi connectivity index (χ1) is 12.6. The van der Waals surface area contributed by atoms with E-state index < -0.39 is 27.0 Å². The van der Waals surface area contributed by atoms with E-state index in [4.69, 9.17) is 4.74 Å². The van der Waals surface area contributed by atoms with Gasteiger partial charge in [-0.05, 0) is 44.5 Å². The van der Waals surface area contributed by atoms with Gasteiger partial charge in [0, 0.05) is 18.2 Å². The van der Waals surface area contributed by atoms with Crippen LogP contribution in [-0.4, -0.2) is 25.4 Å². The van der Waals surface area contributed by atoms with Crippen molar-refractivity contribution in [3.8, 4) is 0 Å². The molecule has 0 unspecified atom stereocenters. The molecule has 0 saturated heterocycles. The molecule has 2 aromatic rings. The second kappa shape index (κ2) is 8.28. The van der Waals surface area contributed by atoms with E-state index >= 15 is 0 Å². The lowest BCUT2D eigenvalue weighted by atomic mass is 10.1. The predicted octanol–water partition coefficient (Wildman–Crippen LogP) is 3.20. The number of ether oxygens (including phenoxy) is 1. The molecule has 0 spiro atoms. The maximum atomic E-state index is 12.4. The summed E-state index contributed by atoms with van der Waals surface area (Å²) < 4.78 is 32.2. The third-order valence-corrected chi connectivity index (χ3v) is 5.26. The van der Waals surface area contributed by atoms with Crippen molar-refractivity contribution in [3.63, 3.8) is 0 Å². The lowest BCUT2D eigenvalue weighted by molar-refractivity contribution is -0.385. The zero-order valence-corrected chi connectivity index (χ0v) is 15.9. The van der Waals surface area contributed by atoms with E-state index in [0.29, 0.717) is 5.56 Å². The molecule has 0 aliphatic rings. The molecule has 0 saturated carbocycles. The van der Waals surface area contributed by atoms with Crippen LogP contribution in [0.4, 0.5) is 5.69 Å². The molecule has 2 rings (SSSR count). The second-order valence-corrected chi connectivity index (χ2v) is 7.92. The number of benzene rings is 2. The summed E-state index contributed by atoms with van der Waals surface area (Å²) in [7, 11) is -3.74. The van der Waals surface area contributed by atoms with E-state index in [-0.39, 0.29) is 22.2 Å². The van der Waals surface area contributed by atoms with Crippen molar-refractivity contribution in [2.24, 2.45) is 0 Å². The monoisotopic (exact) mass is 392 g/mol. The minimum Gasteiger partial charge on any atom is -0.454 e. The number of hydrogen-bond donors (Lipinski definition) is 1. The van der Waals surface area contributed by atoms with Gasteiger partial charge in [0.2, 0.25) is 10.0 Å². The largest absolute Gasteiger partial charge is 0.454 e. The molecule has 0 bridgehead atoms. The van der Waals surface area contributed by atoms with Crippen LogP contribution in [0, 0.1) is 10.1 Å². The summed E-state index contributed by atoms with van der Waals surface area (Å²) in [6, 6.07) is 11.0. The van der Waals surface area contributed by atoms with Gasteiger partial charge >= 0.3 is 5.97 Å². The topological polar surface area (TPSA) is 116 Å². The first-order valence-corrected chi connectivity index (χ1v) is 9.66. The molecule has 8 nitrogen and oxygen atoms in total. The third-order valence-electron chi connectivity index (χ3n) is 3.61. The Morgan fingerprint density at radius 1 is 1.11 bits per heavy atom. The fraction of sp³-hybridized carbons (Fsp3) is 0.278. The minimum absolute atomic E-state index is 0.0475. The zero-order valence-electron chi connectivity index (χ0n) is 15.1. The van der Waals surface area contributed by atoms with E-state index in [2.05, 4.69) is 4.72 Å². The van der Waals surface area contributed by atoms with Crippen LogP contribution in [0.2, 0.25) is 0 Å². The van der Waals surface area contributed by atoms with Crippen molar-refractivity contribution >= 4 is 21.7 Å². The molecule has 0 heterocycles. The normalized spacial score (nSPS) is 12.6. The van der Waals surface area contributed by atoms with Gasteiger partial charge in [0.1, 0.15) is 6.10 Å². The Morgan fingerprint density at radius 2 is 1.78 bits per heavy atom. The number of non-ortho nitro benzene ring substituents is 1. The average molecular weight is 392 g/mol. The maximum Gasteiger partial charge on any atom is 0.338 e. The molecule has 0 aliphatic heterocycles. The van der Waals surface area contributed by atoms with Crippen molar-refractivity contribution in [2.45, 2.75) is 37.8 Å². The van der Waals surface area contributed by atoms with E-state index in [0.717, 1.165) is 0 Å². The average Bonchev–Trinajstić information content (AvgIpc) is 2.60. The molecule has 1 N–H and O–H groups in total. The minimum atomic E-state index is -3.74. The molecule has 1 atom stereocenters. The van der Waals surface area contributed by atoms with Crippen molar-refractivity contribution < 1.29 is 22.9 Å². The highest BCUT2D eigenvalue weighted by Crippen LogP contribution is 2.23. The van der Waals surface area contributed by atoms with Crippen LogP contribution in [-0.2, 0) is 14.8 Å². The van der Waals surface area contributed by atoms with Crippen LogP contribution in [0.3, 0.4) is 0 Å². The Labute approximate surface area is 157 Å². The molecule has 0 aliphatic carbocycles. The third kappa shape index (κ3) is 5.35. The lowest BCUT2D eigenvalue weighted by Crippen LogP contribution is -2.30. The van der Waals surface area contributed by atoms with Gasteiger partial charge in [-0.3, -0.25) is 10.1 Å². The van der Waals surface area contributed by atoms with Crippen LogP contribution in [0.15, 0.2) is 53.4 Å². The lowest BCUT2D eigenvalue weighted by Gasteiger charge is -2.14. The summed E-state index contributed by atoms with van der Waals surface area (Å²) in [5, 5.41) is 10.9. The van der Waals surface area contributed by atoms with Crippen LogP contribution in [0.25, 0.3) is 0 Å². The number of carbonyl (C=O) groups excluding carboxylic acids is 1. The second-order valence-electron chi connectivity index (χ2n) is 6.20. The van der Waals surface area contributed by atoms with Gasteiger partial charge in [-0.1, -0.05) is 18.2 Å². The number of nitro benzene ring substituents is 1. The molecule has 144 valence electrons. The van der Waals surface area contributed by atoms with Gasteiger partial charge in [0.15, 0.2) is 0 Å². The van der Waals surface area contributed by atoms with Crippen molar-refractivity contribution in [1.82, 2.24) is 4.72 Å². The number of nitro groups is 1. The SMILES string of the molecule is CC(C)NS(=O)(=O)c1cccc(C(=O)O[C@@H](C)c2cccc([N+](=O)[O-])c2)c1. The molecule has 0 aromatic heterocycles. The van der Waals surface area contributed by atoms with Gasteiger partial charge in [0.05, 0.1) is 15.4 Å². The fourth-order valence-electron chi connectivity index (χ4n) is 2.36. The van der Waals surface area contributed by atoms with E-state index in [1.54, 1.807) is 26.8 Å². The quantitative estimate of drug-likeness (QED) is 0.439. The Hall–Kier alpha value is -2.78. The molecule has 27 heavy (non-hydrogen) atoms. The highest BCUT2D eigenvalue weighted by molar-refractivity contribution is 7.89. The number of rotatable bonds is 7. The number of nitrogens with one attached hydrogen (secondary N) is 1. The van der Waals surface area contributed by atoms with Crippen molar-refractivity contribution in [1.29, 1.82) is 0 Å². The predicted molar refractivity (Wildman–Crippen MR) is 98.8 cm³/mol. The zero-order chi connectivity index (χ0) is 20.2. The summed E-state index contributed by atoms with van der Waals surface area (Å²) in [6.07, 6.45) is -0.744. The number of esters is 1. The molecule has 0 radical (unpaired) electrons. The Balaban J connectivity index is 2.20. The maximum absolute atomic E-state index is 12.4. The summed E-state index contributed by atoms with van der Waals surface area (Å²) in [4.78, 5) is 22.7. The van der Waals surface area contributed by atoms with Crippen LogP contribution in [0.1, 0.15) is 42.8 Å². The van der Waals surface area contributed by atoms with Crippen LogP contribution < -0.4 is 4.72 Å². The van der Waals surface area contributed by atoms with Gasteiger partial charge < -0.3 is 4.74 Å². The molecule has 0 amide bonds. The molecule has 2 aromatic carbocycles. The van der Waals surface area contributed by atoms with Crippen LogP contribution in [0.5, 0.6) is 0 Å². The van der Waals surface area contributed by atoms with Crippen LogP contribution >= 0.6 is 0 Å². The first-order valence-electron chi connectivity index (χ1n) is 8.18. The Bertz CT molecular complexity index is 956. The summed E-state index contributed by atoms with van der Waals surface area (Å²) in [6.45, 7) is 4.96. The van der Waals surface area contributed by atoms with Gasteiger partial charge in [-0.15, -0.1) is 0 Å². The summed E-state index contributed by atoms with van der Waals surface area (Å²) in [5.74, 6) is -0.726. The first kappa shape index (κ1) is 20.5. The Kier molecular flexibility index (Phi) is 6.29. The van der Waals surface area contributed by atoms with E-state index in [9.17, 15) is 23.3 Å². The van der Waals surface area contributed by atoms with E-state index in [1.165, 1.54) is 42.5 Å². The highest BCUT2D eigenvalue weighted by Gasteiger charge is 2.20. The summed E-state index contributed by atoms with van der Waals surface area (Å²) >= 11 is 0. The van der Waals surface area contributed by atoms with Gasteiger partial charge in [-0.25, -0.2) is 17.9 Å². The molecular formula is C18H20N2O6S. The molecular weight excluding hydrogens is 372 g/mol. The molecule has 9 heteroatoms. The van der Waals surface area contributed by atoms with Gasteiger partial charge in [0.25, 0.3) is 5.69 Å². The standard InChI is InChI=1S/C18H20N2O6S/c1-12(2)19-27(24,25)17-9-5-7-15(11-17)18(21)26-13(3)14-6-4-8-16(10-14)20(22)23/h4-13,19H,1-3H3/t13-/m0/s1. The smallest absolute Gasteiger partial charge is 0.338 e. The van der Waals surface area contributed by atoms with Crippen molar-refractivity contribution in [3.05, 3.63) is 69.8 Å². The number of sulfonamides is 1. The number of nitrogens with zero attached hydrogens (tertiary/aromatic N) is 1. The Morgan fingerprint density at radius 3 is 2.41 bits per heavy atom. The van der Waals surface area contributed by atoms with Gasteiger partial charge in [-0.2, -0.15) is 0 Å². The number of hydrogen-bond acceptors (Lipinski definition) is 6.